The third-order valence-electron chi connectivity index (χ3n) is 4.77. The molecule has 0 spiro atoms. The molecule has 152 valence electrons. The Morgan fingerprint density at radius 2 is 1.65 bits per heavy atom. The lowest BCUT2D eigenvalue weighted by molar-refractivity contribution is -0.150. The summed E-state index contributed by atoms with van der Waals surface area (Å²) in [5.41, 5.74) is -0.525. The maximum atomic E-state index is 12.5. The van der Waals surface area contributed by atoms with Gasteiger partial charge in [0.15, 0.2) is 0 Å². The van der Waals surface area contributed by atoms with Gasteiger partial charge in [-0.1, -0.05) is 45.4 Å². The normalized spacial score (nSPS) is 20.7. The highest BCUT2D eigenvalue weighted by atomic mass is 16.6. The lowest BCUT2D eigenvalue weighted by atomic mass is 9.86. The van der Waals surface area contributed by atoms with Gasteiger partial charge in [0.25, 0.3) is 0 Å². The molecule has 1 aliphatic rings. The maximum Gasteiger partial charge on any atom is 0.410 e. The van der Waals surface area contributed by atoms with E-state index in [0.717, 1.165) is 19.3 Å². The summed E-state index contributed by atoms with van der Waals surface area (Å²) in [5.74, 6) is -0.0770. The Kier molecular flexibility index (Phi) is 10.0. The predicted octanol–water partition coefficient (Wildman–Crippen LogP) is 5.17. The Bertz CT molecular complexity index is 430. The highest BCUT2D eigenvalue weighted by Crippen LogP contribution is 2.28. The Hall–Kier alpha value is -1.26. The second-order valence-electron chi connectivity index (χ2n) is 8.49. The molecule has 0 aromatic carbocycles. The summed E-state index contributed by atoms with van der Waals surface area (Å²) in [6.07, 6.45) is 9.08. The molecule has 0 radical (unpaired) electrons. The van der Waals surface area contributed by atoms with Crippen molar-refractivity contribution in [2.24, 2.45) is 11.8 Å². The van der Waals surface area contributed by atoms with E-state index in [1.165, 1.54) is 32.1 Å². The minimum absolute atomic E-state index is 0.186. The van der Waals surface area contributed by atoms with Crippen molar-refractivity contribution in [1.82, 2.24) is 4.90 Å². The van der Waals surface area contributed by atoms with Crippen molar-refractivity contribution in [1.29, 1.82) is 0 Å². The second kappa shape index (κ2) is 11.5. The molecule has 0 unspecified atom stereocenters. The number of hydrogen-bond acceptors (Lipinski definition) is 4. The number of carbonyl (C=O) groups excluding carboxylic acids is 2. The first-order chi connectivity index (χ1) is 12.3. The Morgan fingerprint density at radius 1 is 1.00 bits per heavy atom. The quantitative estimate of drug-likeness (QED) is 0.415. The molecule has 0 N–H and O–H groups in total. The number of piperidine rings is 1. The summed E-state index contributed by atoms with van der Waals surface area (Å²) >= 11 is 0. The van der Waals surface area contributed by atoms with E-state index in [1.807, 2.05) is 27.7 Å². The van der Waals surface area contributed by atoms with E-state index in [-0.39, 0.29) is 18.0 Å². The van der Waals surface area contributed by atoms with Crippen LogP contribution in [0.1, 0.15) is 86.0 Å². The molecule has 0 saturated carbocycles. The molecule has 1 saturated heterocycles. The number of unbranched alkanes of at least 4 members (excludes halogenated alkanes) is 5. The molecule has 0 aromatic heterocycles. The summed E-state index contributed by atoms with van der Waals surface area (Å²) in [5, 5.41) is 0. The van der Waals surface area contributed by atoms with Gasteiger partial charge >= 0.3 is 12.1 Å². The first-order valence-electron chi connectivity index (χ1n) is 10.4. The fourth-order valence-electron chi connectivity index (χ4n) is 3.53. The van der Waals surface area contributed by atoms with E-state index in [4.69, 9.17) is 9.47 Å². The molecule has 1 aliphatic heterocycles. The molecule has 1 heterocycles. The molecule has 0 aliphatic carbocycles. The fourth-order valence-corrected chi connectivity index (χ4v) is 3.53. The van der Waals surface area contributed by atoms with Crippen molar-refractivity contribution in [3.8, 4) is 0 Å². The molecule has 2 atom stereocenters. The number of hydrogen-bond donors (Lipinski definition) is 0. The van der Waals surface area contributed by atoms with Crippen molar-refractivity contribution < 1.29 is 19.1 Å². The molecular formula is C21H39NO4. The van der Waals surface area contributed by atoms with Crippen LogP contribution < -0.4 is 0 Å². The maximum absolute atomic E-state index is 12.5. The van der Waals surface area contributed by atoms with Gasteiger partial charge in [-0.3, -0.25) is 4.79 Å². The molecular weight excluding hydrogens is 330 g/mol. The third-order valence-corrected chi connectivity index (χ3v) is 4.77. The first-order valence-corrected chi connectivity index (χ1v) is 10.4. The number of rotatable bonds is 9. The van der Waals surface area contributed by atoms with Gasteiger partial charge < -0.3 is 14.4 Å². The van der Waals surface area contributed by atoms with E-state index in [1.54, 1.807) is 4.90 Å². The average Bonchev–Trinajstić information content (AvgIpc) is 2.56. The van der Waals surface area contributed by atoms with Crippen LogP contribution in [-0.2, 0) is 14.3 Å². The van der Waals surface area contributed by atoms with Crippen molar-refractivity contribution in [2.75, 3.05) is 19.7 Å². The third kappa shape index (κ3) is 8.91. The van der Waals surface area contributed by atoms with Crippen molar-refractivity contribution in [3.05, 3.63) is 0 Å². The topological polar surface area (TPSA) is 55.8 Å². The molecule has 1 amide bonds. The fraction of sp³-hybridized carbons (Fsp3) is 0.905. The van der Waals surface area contributed by atoms with E-state index in [2.05, 4.69) is 6.92 Å². The van der Waals surface area contributed by atoms with Crippen molar-refractivity contribution in [2.45, 2.75) is 91.6 Å². The minimum Gasteiger partial charge on any atom is -0.466 e. The standard InChI is InChI=1S/C21H39NO4/c1-6-8-9-10-11-12-13-17-14-18(19(23)25-7-2)16-22(15-17)20(24)26-21(3,4)5/h17-18H,6-16H2,1-5H3/t17-,18-/m1/s1. The summed E-state index contributed by atoms with van der Waals surface area (Å²) < 4.78 is 10.7. The zero-order valence-corrected chi connectivity index (χ0v) is 17.5. The van der Waals surface area contributed by atoms with Gasteiger partial charge in [0.1, 0.15) is 5.60 Å². The second-order valence-corrected chi connectivity index (χ2v) is 8.49. The van der Waals surface area contributed by atoms with Crippen LogP contribution in [0.4, 0.5) is 4.79 Å². The number of amides is 1. The zero-order valence-electron chi connectivity index (χ0n) is 17.5. The highest BCUT2D eigenvalue weighted by molar-refractivity contribution is 5.75. The average molecular weight is 370 g/mol. The van der Waals surface area contributed by atoms with Crippen molar-refractivity contribution in [3.63, 3.8) is 0 Å². The van der Waals surface area contributed by atoms with Crippen LogP contribution >= 0.6 is 0 Å². The number of nitrogens with zero attached hydrogens (tertiary/aromatic N) is 1. The summed E-state index contributed by atoms with van der Waals surface area (Å²) in [6.45, 7) is 11.1. The summed E-state index contributed by atoms with van der Waals surface area (Å²) in [7, 11) is 0. The van der Waals surface area contributed by atoms with Crippen LogP contribution in [0.3, 0.4) is 0 Å². The number of ether oxygens (including phenoxy) is 2. The molecule has 1 fully saturated rings. The van der Waals surface area contributed by atoms with Gasteiger partial charge in [0, 0.05) is 13.1 Å². The van der Waals surface area contributed by atoms with E-state index in [9.17, 15) is 9.59 Å². The molecule has 5 nitrogen and oxygen atoms in total. The van der Waals surface area contributed by atoms with E-state index >= 15 is 0 Å². The number of carbonyl (C=O) groups is 2. The highest BCUT2D eigenvalue weighted by Gasteiger charge is 2.36. The number of esters is 1. The van der Waals surface area contributed by atoms with E-state index < -0.39 is 5.60 Å². The molecule has 0 bridgehead atoms. The van der Waals surface area contributed by atoms with Gasteiger partial charge in [0.2, 0.25) is 0 Å². The first kappa shape index (κ1) is 22.8. The van der Waals surface area contributed by atoms with Gasteiger partial charge in [-0.05, 0) is 46.5 Å². The van der Waals surface area contributed by atoms with Gasteiger partial charge in [-0.15, -0.1) is 0 Å². The largest absolute Gasteiger partial charge is 0.466 e. The van der Waals surface area contributed by atoms with Crippen LogP contribution in [0.2, 0.25) is 0 Å². The lowest BCUT2D eigenvalue weighted by Gasteiger charge is -2.37. The Labute approximate surface area is 159 Å². The molecule has 5 heteroatoms. The predicted molar refractivity (Wildman–Crippen MR) is 104 cm³/mol. The molecule has 1 rings (SSSR count). The van der Waals surface area contributed by atoms with Crippen LogP contribution in [0.5, 0.6) is 0 Å². The summed E-state index contributed by atoms with van der Waals surface area (Å²) in [4.78, 5) is 26.4. The van der Waals surface area contributed by atoms with Crippen molar-refractivity contribution >= 4 is 12.1 Å². The molecule has 26 heavy (non-hydrogen) atoms. The van der Waals surface area contributed by atoms with Crippen LogP contribution in [0.25, 0.3) is 0 Å². The SMILES string of the molecule is CCCCCCCC[C@@H]1C[C@@H](C(=O)OCC)CN(C(=O)OC(C)(C)C)C1. The van der Waals surface area contributed by atoms with Crippen LogP contribution in [0.15, 0.2) is 0 Å². The number of likely N-dealkylation sites (tertiary alicyclic amines) is 1. The Morgan fingerprint density at radius 3 is 2.27 bits per heavy atom. The lowest BCUT2D eigenvalue weighted by Crippen LogP contribution is -2.48. The van der Waals surface area contributed by atoms with Gasteiger partial charge in [-0.25, -0.2) is 4.79 Å². The Balaban J connectivity index is 2.59. The smallest absolute Gasteiger partial charge is 0.410 e. The van der Waals surface area contributed by atoms with Crippen LogP contribution in [0, 0.1) is 11.8 Å². The van der Waals surface area contributed by atoms with E-state index in [0.29, 0.717) is 25.6 Å². The molecule has 0 aromatic rings. The van der Waals surface area contributed by atoms with Gasteiger partial charge in [-0.2, -0.15) is 0 Å². The zero-order chi connectivity index (χ0) is 19.6. The minimum atomic E-state index is -0.525. The monoisotopic (exact) mass is 369 g/mol. The van der Waals surface area contributed by atoms with Gasteiger partial charge in [0.05, 0.1) is 12.5 Å². The summed E-state index contributed by atoms with van der Waals surface area (Å²) in [6, 6.07) is 0. The van der Waals surface area contributed by atoms with Crippen LogP contribution in [-0.4, -0.2) is 42.3 Å².